The Labute approximate surface area is 122 Å². The first-order valence-corrected chi connectivity index (χ1v) is 7.11. The summed E-state index contributed by atoms with van der Waals surface area (Å²) in [5.74, 6) is 0. The second-order valence-corrected chi connectivity index (χ2v) is 4.85. The van der Waals surface area contributed by atoms with Crippen molar-refractivity contribution in [2.24, 2.45) is 0 Å². The van der Waals surface area contributed by atoms with Crippen LogP contribution >= 0.6 is 0 Å². The van der Waals surface area contributed by atoms with Crippen molar-refractivity contribution >= 4 is 0 Å². The zero-order valence-corrected chi connectivity index (χ0v) is 12.1. The lowest BCUT2D eigenvalue weighted by molar-refractivity contribution is -0.0243. The van der Waals surface area contributed by atoms with Crippen molar-refractivity contribution in [3.8, 4) is 6.07 Å². The van der Waals surface area contributed by atoms with Gasteiger partial charge in [-0.05, 0) is 19.3 Å². The van der Waals surface area contributed by atoms with Gasteiger partial charge in [0.2, 0.25) is 0 Å². The van der Waals surface area contributed by atoms with Gasteiger partial charge < -0.3 is 4.74 Å². The third-order valence-electron chi connectivity index (χ3n) is 3.03. The number of alkyl halides is 5. The number of hydrogen-bond acceptors (Lipinski definition) is 2. The molecule has 21 heavy (non-hydrogen) atoms. The lowest BCUT2D eigenvalue weighted by atomic mass is 10.0. The van der Waals surface area contributed by atoms with E-state index in [1.807, 2.05) is 6.92 Å². The van der Waals surface area contributed by atoms with Crippen molar-refractivity contribution in [2.75, 3.05) is 13.3 Å². The van der Waals surface area contributed by atoms with Crippen molar-refractivity contribution < 1.29 is 26.7 Å². The molecular formula is C14H22F5NO. The molecule has 7 heteroatoms. The Bertz CT molecular complexity index is 300. The van der Waals surface area contributed by atoms with Crippen LogP contribution in [0.25, 0.3) is 0 Å². The molecule has 0 aliphatic rings. The molecule has 0 radical (unpaired) electrons. The van der Waals surface area contributed by atoms with Gasteiger partial charge in [0.25, 0.3) is 0 Å². The molecule has 0 aliphatic heterocycles. The maximum absolute atomic E-state index is 13.5. The van der Waals surface area contributed by atoms with Gasteiger partial charge in [0.15, 0.2) is 18.5 Å². The van der Waals surface area contributed by atoms with Gasteiger partial charge in [-0.3, -0.25) is 4.39 Å². The predicted octanol–water partition coefficient (Wildman–Crippen LogP) is 4.19. The first-order chi connectivity index (χ1) is 9.97. The Morgan fingerprint density at radius 1 is 1.00 bits per heavy atom. The Morgan fingerprint density at radius 2 is 1.62 bits per heavy atom. The minimum atomic E-state index is -2.69. The van der Waals surface area contributed by atoms with E-state index in [1.54, 1.807) is 6.07 Å². The Kier molecular flexibility index (Phi) is 11.2. The van der Waals surface area contributed by atoms with Crippen molar-refractivity contribution in [3.05, 3.63) is 0 Å². The minimum absolute atomic E-state index is 0.241. The van der Waals surface area contributed by atoms with Crippen LogP contribution in [-0.2, 0) is 4.74 Å². The van der Waals surface area contributed by atoms with Gasteiger partial charge in [0.1, 0.15) is 12.3 Å². The summed E-state index contributed by atoms with van der Waals surface area (Å²) in [6.07, 6.45) is -9.71. The molecule has 0 aromatic carbocycles. The summed E-state index contributed by atoms with van der Waals surface area (Å²) in [5.41, 5.74) is 0. The van der Waals surface area contributed by atoms with E-state index in [-0.39, 0.29) is 6.42 Å². The summed E-state index contributed by atoms with van der Waals surface area (Å²) < 4.78 is 70.1. The molecule has 0 bridgehead atoms. The average Bonchev–Trinajstić information content (AvgIpc) is 2.50. The van der Waals surface area contributed by atoms with E-state index in [9.17, 15) is 22.0 Å². The van der Waals surface area contributed by atoms with Crippen molar-refractivity contribution in [1.29, 1.82) is 5.26 Å². The Hall–Kier alpha value is -0.900. The molecule has 0 aliphatic carbocycles. The third kappa shape index (κ3) is 8.20. The topological polar surface area (TPSA) is 33.0 Å². The molecule has 0 spiro atoms. The highest BCUT2D eigenvalue weighted by Gasteiger charge is 2.36. The van der Waals surface area contributed by atoms with Crippen LogP contribution in [0.4, 0.5) is 22.0 Å². The fraction of sp³-hybridized carbons (Fsp3) is 0.929. The monoisotopic (exact) mass is 315 g/mol. The maximum Gasteiger partial charge on any atom is 0.167 e. The molecule has 0 saturated heterocycles. The molecule has 0 aromatic rings. The first-order valence-electron chi connectivity index (χ1n) is 7.11. The van der Waals surface area contributed by atoms with E-state index in [0.29, 0.717) is 12.8 Å². The standard InChI is InChI=1S/C14H22F5NO/c1-2-3-5-10(8-20)21-9-12(17)14(19)13(18)11(16)6-4-7-15/h10-14H,2-7,9H2,1H3. The zero-order chi connectivity index (χ0) is 16.3. The Morgan fingerprint density at radius 3 is 2.14 bits per heavy atom. The summed E-state index contributed by atoms with van der Waals surface area (Å²) in [6.45, 7) is 0.253. The number of unbranched alkanes of at least 4 members (excludes halogenated alkanes) is 1. The SMILES string of the molecule is CCCCC(C#N)OCC(F)C(F)C(F)C(F)CCCF. The molecule has 0 fully saturated rings. The van der Waals surface area contributed by atoms with Gasteiger partial charge >= 0.3 is 0 Å². The van der Waals surface area contributed by atoms with Crippen LogP contribution < -0.4 is 0 Å². The van der Waals surface area contributed by atoms with E-state index in [2.05, 4.69) is 0 Å². The Balaban J connectivity index is 4.18. The minimum Gasteiger partial charge on any atom is -0.360 e. The summed E-state index contributed by atoms with van der Waals surface area (Å²) in [7, 11) is 0. The van der Waals surface area contributed by atoms with Gasteiger partial charge in [0, 0.05) is 0 Å². The molecule has 0 saturated carbocycles. The third-order valence-corrected chi connectivity index (χ3v) is 3.03. The second kappa shape index (κ2) is 11.7. The van der Waals surface area contributed by atoms with Gasteiger partial charge in [-0.2, -0.15) is 5.26 Å². The second-order valence-electron chi connectivity index (χ2n) is 4.85. The molecule has 0 aromatic heterocycles. The number of nitriles is 1. The van der Waals surface area contributed by atoms with Gasteiger partial charge in [0.05, 0.1) is 19.4 Å². The van der Waals surface area contributed by atoms with Gasteiger partial charge in [-0.1, -0.05) is 19.8 Å². The van der Waals surface area contributed by atoms with Gasteiger partial charge in [-0.15, -0.1) is 0 Å². The molecule has 2 nitrogen and oxygen atoms in total. The van der Waals surface area contributed by atoms with E-state index >= 15 is 0 Å². The van der Waals surface area contributed by atoms with Crippen molar-refractivity contribution in [1.82, 2.24) is 0 Å². The van der Waals surface area contributed by atoms with E-state index in [4.69, 9.17) is 10.00 Å². The number of rotatable bonds is 12. The molecule has 124 valence electrons. The van der Waals surface area contributed by atoms with Crippen LogP contribution in [0.1, 0.15) is 39.0 Å². The van der Waals surface area contributed by atoms with Crippen LogP contribution in [0.5, 0.6) is 0 Å². The first kappa shape index (κ1) is 20.1. The molecular weight excluding hydrogens is 293 g/mol. The lowest BCUT2D eigenvalue weighted by Gasteiger charge is -2.21. The van der Waals surface area contributed by atoms with E-state index in [0.717, 1.165) is 6.42 Å². The van der Waals surface area contributed by atoms with Crippen LogP contribution in [0.3, 0.4) is 0 Å². The fourth-order valence-corrected chi connectivity index (χ4v) is 1.71. The number of hydrogen-bond donors (Lipinski definition) is 0. The number of ether oxygens (including phenoxy) is 1. The number of nitrogens with zero attached hydrogens (tertiary/aromatic N) is 1. The van der Waals surface area contributed by atoms with Crippen LogP contribution in [0.15, 0.2) is 0 Å². The fourth-order valence-electron chi connectivity index (χ4n) is 1.71. The normalized spacial score (nSPS) is 18.5. The average molecular weight is 315 g/mol. The van der Waals surface area contributed by atoms with E-state index in [1.165, 1.54) is 0 Å². The molecule has 0 amide bonds. The smallest absolute Gasteiger partial charge is 0.167 e. The van der Waals surface area contributed by atoms with Crippen LogP contribution in [0.2, 0.25) is 0 Å². The van der Waals surface area contributed by atoms with Crippen LogP contribution in [-0.4, -0.2) is 44.1 Å². The maximum atomic E-state index is 13.5. The molecule has 0 heterocycles. The highest BCUT2D eigenvalue weighted by Crippen LogP contribution is 2.21. The zero-order valence-electron chi connectivity index (χ0n) is 12.1. The van der Waals surface area contributed by atoms with Crippen LogP contribution in [0, 0.1) is 11.3 Å². The summed E-state index contributed by atoms with van der Waals surface area (Å²) in [5, 5.41) is 8.74. The summed E-state index contributed by atoms with van der Waals surface area (Å²) >= 11 is 0. The molecule has 5 atom stereocenters. The largest absolute Gasteiger partial charge is 0.360 e. The highest BCUT2D eigenvalue weighted by molar-refractivity contribution is 4.86. The molecule has 5 unspecified atom stereocenters. The van der Waals surface area contributed by atoms with Crippen molar-refractivity contribution in [3.63, 3.8) is 0 Å². The molecule has 0 N–H and O–H groups in total. The molecule has 0 rings (SSSR count). The lowest BCUT2D eigenvalue weighted by Crippen LogP contribution is -2.38. The number of halogens is 5. The predicted molar refractivity (Wildman–Crippen MR) is 69.7 cm³/mol. The van der Waals surface area contributed by atoms with Crippen molar-refractivity contribution in [2.45, 2.75) is 69.8 Å². The quantitative estimate of drug-likeness (QED) is 0.506. The van der Waals surface area contributed by atoms with Gasteiger partial charge in [-0.25, -0.2) is 17.6 Å². The highest BCUT2D eigenvalue weighted by atomic mass is 19.2. The summed E-state index contributed by atoms with van der Waals surface area (Å²) in [4.78, 5) is 0. The summed E-state index contributed by atoms with van der Waals surface area (Å²) in [6, 6.07) is 1.79. The van der Waals surface area contributed by atoms with E-state index < -0.39 is 50.5 Å².